The van der Waals surface area contributed by atoms with Crippen LogP contribution in [0.3, 0.4) is 0 Å². The Hall–Kier alpha value is -1.06. The number of aliphatic hydroxyl groups excluding tert-OH is 1. The maximum atomic E-state index is 9.79. The normalized spacial score (nSPS) is 28.4. The molecule has 0 aliphatic carbocycles. The molecule has 3 atom stereocenters. The highest BCUT2D eigenvalue weighted by Crippen LogP contribution is 2.30. The molecule has 1 aromatic rings. The molecule has 3 heteroatoms. The molecule has 18 heavy (non-hydrogen) atoms. The zero-order valence-electron chi connectivity index (χ0n) is 10.9. The van der Waals surface area contributed by atoms with E-state index in [1.54, 1.807) is 0 Å². The molecule has 0 radical (unpaired) electrons. The summed E-state index contributed by atoms with van der Waals surface area (Å²) in [5, 5.41) is 9.79. The van der Waals surface area contributed by atoms with Crippen molar-refractivity contribution in [2.24, 2.45) is 0 Å². The van der Waals surface area contributed by atoms with Gasteiger partial charge in [-0.15, -0.1) is 0 Å². The molecule has 2 aliphatic rings. The fourth-order valence-corrected chi connectivity index (χ4v) is 2.97. The van der Waals surface area contributed by atoms with Crippen LogP contribution in [0.4, 0.5) is 5.69 Å². The highest BCUT2D eigenvalue weighted by atomic mass is 16.5. The van der Waals surface area contributed by atoms with Gasteiger partial charge in [-0.3, -0.25) is 0 Å². The highest BCUT2D eigenvalue weighted by Gasteiger charge is 2.33. The number of benzene rings is 1. The van der Waals surface area contributed by atoms with Crippen LogP contribution in [0.1, 0.15) is 37.9 Å². The van der Waals surface area contributed by atoms with Crippen LogP contribution in [0.25, 0.3) is 0 Å². The summed E-state index contributed by atoms with van der Waals surface area (Å²) in [4.78, 5) is 2.41. The van der Waals surface area contributed by atoms with Gasteiger partial charge in [0.05, 0.1) is 18.3 Å². The molecular formula is C15H21NO2. The van der Waals surface area contributed by atoms with E-state index in [4.69, 9.17) is 4.74 Å². The summed E-state index contributed by atoms with van der Waals surface area (Å²) < 4.78 is 5.85. The van der Waals surface area contributed by atoms with Gasteiger partial charge in [0.15, 0.2) is 0 Å². The first-order valence-electron chi connectivity index (χ1n) is 6.94. The second-order valence-corrected chi connectivity index (χ2v) is 5.38. The number of aliphatic hydroxyl groups is 1. The van der Waals surface area contributed by atoms with Crippen molar-refractivity contribution in [3.05, 3.63) is 29.8 Å². The van der Waals surface area contributed by atoms with E-state index in [0.29, 0.717) is 12.2 Å². The summed E-state index contributed by atoms with van der Waals surface area (Å²) in [5.41, 5.74) is 2.26. The van der Waals surface area contributed by atoms with E-state index in [1.165, 1.54) is 18.5 Å². The molecular weight excluding hydrogens is 226 g/mol. The van der Waals surface area contributed by atoms with Crippen molar-refractivity contribution < 1.29 is 9.84 Å². The van der Waals surface area contributed by atoms with Crippen LogP contribution < -0.4 is 4.90 Å². The van der Waals surface area contributed by atoms with E-state index in [0.717, 1.165) is 25.1 Å². The Morgan fingerprint density at radius 3 is 2.39 bits per heavy atom. The summed E-state index contributed by atoms with van der Waals surface area (Å²) in [6.07, 6.45) is 3.68. The number of hydrogen-bond donors (Lipinski definition) is 1. The SMILES string of the molecule is CC[C@@H](O)c1ccc(N2CC3CCC(C2)O3)cc1. The first-order valence-corrected chi connectivity index (χ1v) is 6.94. The molecule has 3 rings (SSSR count). The van der Waals surface area contributed by atoms with E-state index < -0.39 is 0 Å². The van der Waals surface area contributed by atoms with Crippen LogP contribution in [0, 0.1) is 0 Å². The van der Waals surface area contributed by atoms with Crippen LogP contribution in [0.5, 0.6) is 0 Å². The minimum absolute atomic E-state index is 0.333. The summed E-state index contributed by atoms with van der Waals surface area (Å²) in [7, 11) is 0. The number of hydrogen-bond acceptors (Lipinski definition) is 3. The molecule has 2 fully saturated rings. The molecule has 0 amide bonds. The number of nitrogens with zero attached hydrogens (tertiary/aromatic N) is 1. The third-order valence-corrected chi connectivity index (χ3v) is 4.07. The summed E-state index contributed by atoms with van der Waals surface area (Å²) in [6.45, 7) is 4.01. The first-order chi connectivity index (χ1) is 8.76. The van der Waals surface area contributed by atoms with Gasteiger partial charge in [0.2, 0.25) is 0 Å². The van der Waals surface area contributed by atoms with Gasteiger partial charge in [-0.25, -0.2) is 0 Å². The Labute approximate surface area is 108 Å². The summed E-state index contributed by atoms with van der Waals surface area (Å²) in [5.74, 6) is 0. The van der Waals surface area contributed by atoms with Crippen molar-refractivity contribution >= 4 is 5.69 Å². The molecule has 98 valence electrons. The van der Waals surface area contributed by atoms with Crippen LogP contribution >= 0.6 is 0 Å². The van der Waals surface area contributed by atoms with Crippen molar-refractivity contribution in [1.29, 1.82) is 0 Å². The van der Waals surface area contributed by atoms with E-state index >= 15 is 0 Å². The lowest BCUT2D eigenvalue weighted by Gasteiger charge is -2.34. The van der Waals surface area contributed by atoms with Gasteiger partial charge in [0.25, 0.3) is 0 Å². The molecule has 2 unspecified atom stereocenters. The lowest BCUT2D eigenvalue weighted by molar-refractivity contribution is 0.0305. The minimum Gasteiger partial charge on any atom is -0.388 e. The third-order valence-electron chi connectivity index (χ3n) is 4.07. The average molecular weight is 247 g/mol. The Bertz CT molecular complexity index is 391. The maximum Gasteiger partial charge on any atom is 0.0787 e. The van der Waals surface area contributed by atoms with E-state index in [-0.39, 0.29) is 6.10 Å². The molecule has 3 nitrogen and oxygen atoms in total. The lowest BCUT2D eigenvalue weighted by Crippen LogP contribution is -2.42. The largest absolute Gasteiger partial charge is 0.388 e. The molecule has 0 aromatic heterocycles. The predicted octanol–water partition coefficient (Wildman–Crippen LogP) is 2.50. The predicted molar refractivity (Wildman–Crippen MR) is 71.8 cm³/mol. The van der Waals surface area contributed by atoms with Gasteiger partial charge in [0.1, 0.15) is 0 Å². The van der Waals surface area contributed by atoms with Gasteiger partial charge >= 0.3 is 0 Å². The number of ether oxygens (including phenoxy) is 1. The molecule has 1 N–H and O–H groups in total. The highest BCUT2D eigenvalue weighted by molar-refractivity contribution is 5.48. The second-order valence-electron chi connectivity index (χ2n) is 5.38. The molecule has 0 spiro atoms. The molecule has 2 bridgehead atoms. The fourth-order valence-electron chi connectivity index (χ4n) is 2.97. The monoisotopic (exact) mass is 247 g/mol. The number of morpholine rings is 1. The zero-order chi connectivity index (χ0) is 12.5. The van der Waals surface area contributed by atoms with Crippen LogP contribution in [-0.2, 0) is 4.74 Å². The third kappa shape index (κ3) is 2.25. The number of rotatable bonds is 3. The van der Waals surface area contributed by atoms with E-state index in [1.807, 2.05) is 19.1 Å². The average Bonchev–Trinajstić information content (AvgIpc) is 2.77. The molecule has 2 saturated heterocycles. The Morgan fingerprint density at radius 1 is 1.22 bits per heavy atom. The Balaban J connectivity index is 1.73. The van der Waals surface area contributed by atoms with Crippen LogP contribution in [0.2, 0.25) is 0 Å². The fraction of sp³-hybridized carbons (Fsp3) is 0.600. The van der Waals surface area contributed by atoms with Crippen molar-refractivity contribution in [2.45, 2.75) is 44.5 Å². The molecule has 2 heterocycles. The number of anilines is 1. The smallest absolute Gasteiger partial charge is 0.0787 e. The van der Waals surface area contributed by atoms with Gasteiger partial charge in [-0.2, -0.15) is 0 Å². The minimum atomic E-state index is -0.333. The maximum absolute atomic E-state index is 9.79. The van der Waals surface area contributed by atoms with Gasteiger partial charge in [-0.05, 0) is 37.0 Å². The second kappa shape index (κ2) is 4.90. The lowest BCUT2D eigenvalue weighted by atomic mass is 10.1. The molecule has 2 aliphatic heterocycles. The topological polar surface area (TPSA) is 32.7 Å². The van der Waals surface area contributed by atoms with Crippen LogP contribution in [0.15, 0.2) is 24.3 Å². The van der Waals surface area contributed by atoms with Crippen LogP contribution in [-0.4, -0.2) is 30.4 Å². The van der Waals surface area contributed by atoms with Crippen molar-refractivity contribution in [3.63, 3.8) is 0 Å². The van der Waals surface area contributed by atoms with Crippen molar-refractivity contribution in [2.75, 3.05) is 18.0 Å². The molecule has 1 aromatic carbocycles. The van der Waals surface area contributed by atoms with Gasteiger partial charge in [0, 0.05) is 18.8 Å². The Kier molecular flexibility index (Phi) is 3.27. The van der Waals surface area contributed by atoms with E-state index in [2.05, 4.69) is 17.0 Å². The Morgan fingerprint density at radius 2 is 1.83 bits per heavy atom. The molecule has 0 saturated carbocycles. The summed E-state index contributed by atoms with van der Waals surface area (Å²) >= 11 is 0. The van der Waals surface area contributed by atoms with Crippen molar-refractivity contribution in [1.82, 2.24) is 0 Å². The van der Waals surface area contributed by atoms with Crippen molar-refractivity contribution in [3.8, 4) is 0 Å². The quantitative estimate of drug-likeness (QED) is 0.890. The first kappa shape index (κ1) is 12.0. The number of fused-ring (bicyclic) bond motifs is 2. The standard InChI is InChI=1S/C15H21NO2/c1-2-15(17)11-3-5-12(6-4-11)16-9-13-7-8-14(10-16)18-13/h3-6,13-15,17H,2,7-10H2,1H3/t13?,14?,15-/m1/s1. The van der Waals surface area contributed by atoms with E-state index in [9.17, 15) is 5.11 Å². The van der Waals surface area contributed by atoms with Gasteiger partial charge < -0.3 is 14.7 Å². The zero-order valence-corrected chi connectivity index (χ0v) is 10.9. The summed E-state index contributed by atoms with van der Waals surface area (Å²) in [6, 6.07) is 8.33. The van der Waals surface area contributed by atoms with Gasteiger partial charge in [-0.1, -0.05) is 19.1 Å².